The van der Waals surface area contributed by atoms with Crippen molar-refractivity contribution in [1.82, 2.24) is 4.90 Å². The first-order chi connectivity index (χ1) is 7.24. The highest BCUT2D eigenvalue weighted by Gasteiger charge is 2.04. The molecule has 0 aromatic heterocycles. The van der Waals surface area contributed by atoms with Gasteiger partial charge in [0.05, 0.1) is 6.61 Å². The van der Waals surface area contributed by atoms with Crippen LogP contribution < -0.4 is 0 Å². The Morgan fingerprint density at radius 2 is 2.07 bits per heavy atom. The molecule has 1 aromatic carbocycles. The van der Waals surface area contributed by atoms with Crippen molar-refractivity contribution < 1.29 is 5.11 Å². The van der Waals surface area contributed by atoms with Crippen LogP contribution in [0.1, 0.15) is 5.56 Å². The van der Waals surface area contributed by atoms with Crippen LogP contribution in [0.25, 0.3) is 0 Å². The van der Waals surface area contributed by atoms with Crippen LogP contribution in [0.2, 0.25) is 0 Å². The quantitative estimate of drug-likeness (QED) is 0.816. The van der Waals surface area contributed by atoms with Crippen molar-refractivity contribution in [3.05, 3.63) is 35.9 Å². The molecule has 1 aromatic rings. The number of rotatable bonds is 4. The van der Waals surface area contributed by atoms with Crippen LogP contribution in [0.4, 0.5) is 0 Å². The molecule has 0 fully saturated rings. The van der Waals surface area contributed by atoms with Gasteiger partial charge < -0.3 is 10.0 Å². The Kier molecular flexibility index (Phi) is 5.68. The molecule has 0 aliphatic rings. The summed E-state index contributed by atoms with van der Waals surface area (Å²) in [6, 6.07) is 10.2. The van der Waals surface area contributed by atoms with Crippen molar-refractivity contribution in [3.63, 3.8) is 0 Å². The number of benzene rings is 1. The largest absolute Gasteiger partial charge is 0.395 e. The molecule has 0 heterocycles. The second kappa shape index (κ2) is 6.82. The summed E-state index contributed by atoms with van der Waals surface area (Å²) in [5, 5.41) is 8.76. The molecule has 0 saturated heterocycles. The van der Waals surface area contributed by atoms with Gasteiger partial charge in [-0.25, -0.2) is 0 Å². The monoisotopic (exact) mass is 241 g/mol. The Morgan fingerprint density at radius 1 is 1.40 bits per heavy atom. The predicted molar refractivity (Wildman–Crippen MR) is 70.1 cm³/mol. The van der Waals surface area contributed by atoms with Crippen molar-refractivity contribution in [2.24, 2.45) is 0 Å². The molecule has 15 heavy (non-hydrogen) atoms. The van der Waals surface area contributed by atoms with Crippen LogP contribution in [0, 0.1) is 0 Å². The van der Waals surface area contributed by atoms with Gasteiger partial charge in [0, 0.05) is 19.3 Å². The average molecular weight is 241 g/mol. The van der Waals surface area contributed by atoms with E-state index in [-0.39, 0.29) is 6.61 Å². The van der Waals surface area contributed by atoms with Gasteiger partial charge in [0.1, 0.15) is 4.32 Å². The lowest BCUT2D eigenvalue weighted by molar-refractivity contribution is 0.266. The number of aliphatic hydroxyl groups excluding tert-OH is 1. The molecule has 0 unspecified atom stereocenters. The van der Waals surface area contributed by atoms with E-state index < -0.39 is 0 Å². The number of thiocarbonyl (C=S) groups is 1. The van der Waals surface area contributed by atoms with Gasteiger partial charge in [-0.2, -0.15) is 0 Å². The lowest BCUT2D eigenvalue weighted by Gasteiger charge is -2.17. The van der Waals surface area contributed by atoms with Crippen LogP contribution in [-0.2, 0) is 5.75 Å². The summed E-state index contributed by atoms with van der Waals surface area (Å²) in [5.74, 6) is 0.884. The number of hydrogen-bond acceptors (Lipinski definition) is 3. The van der Waals surface area contributed by atoms with E-state index in [1.165, 1.54) is 5.56 Å². The molecule has 0 aliphatic heterocycles. The molecule has 1 rings (SSSR count). The fourth-order valence-electron chi connectivity index (χ4n) is 1.07. The van der Waals surface area contributed by atoms with Crippen molar-refractivity contribution >= 4 is 28.3 Å². The van der Waals surface area contributed by atoms with E-state index in [4.69, 9.17) is 17.3 Å². The molecule has 0 spiro atoms. The van der Waals surface area contributed by atoms with Crippen LogP contribution >= 0.6 is 24.0 Å². The smallest absolute Gasteiger partial charge is 0.136 e. The van der Waals surface area contributed by atoms with Crippen LogP contribution in [0.15, 0.2) is 30.3 Å². The highest BCUT2D eigenvalue weighted by Crippen LogP contribution is 2.15. The van der Waals surface area contributed by atoms with Crippen molar-refractivity contribution in [3.8, 4) is 0 Å². The van der Waals surface area contributed by atoms with Crippen LogP contribution in [0.5, 0.6) is 0 Å². The molecule has 0 amide bonds. The van der Waals surface area contributed by atoms with Gasteiger partial charge in [-0.1, -0.05) is 54.3 Å². The third-order valence-corrected chi connectivity index (χ3v) is 3.65. The van der Waals surface area contributed by atoms with E-state index in [1.807, 2.05) is 30.1 Å². The summed E-state index contributed by atoms with van der Waals surface area (Å²) in [7, 11) is 1.90. The maximum atomic E-state index is 8.76. The fraction of sp³-hybridized carbons (Fsp3) is 0.364. The van der Waals surface area contributed by atoms with E-state index in [2.05, 4.69) is 12.1 Å². The Morgan fingerprint density at radius 3 is 2.67 bits per heavy atom. The van der Waals surface area contributed by atoms with Gasteiger partial charge in [-0.05, 0) is 5.56 Å². The molecule has 1 N–H and O–H groups in total. The summed E-state index contributed by atoms with van der Waals surface area (Å²) in [5.41, 5.74) is 1.27. The van der Waals surface area contributed by atoms with Gasteiger partial charge >= 0.3 is 0 Å². The van der Waals surface area contributed by atoms with Crippen molar-refractivity contribution in [2.75, 3.05) is 20.2 Å². The number of likely N-dealkylation sites (N-methyl/N-ethyl adjacent to an activating group) is 1. The summed E-state index contributed by atoms with van der Waals surface area (Å²) >= 11 is 6.84. The number of thioether (sulfide) groups is 1. The third kappa shape index (κ3) is 4.64. The van der Waals surface area contributed by atoms with Gasteiger partial charge in [0.2, 0.25) is 0 Å². The molecule has 0 radical (unpaired) electrons. The molecule has 2 nitrogen and oxygen atoms in total. The minimum Gasteiger partial charge on any atom is -0.395 e. The maximum absolute atomic E-state index is 8.76. The van der Waals surface area contributed by atoms with Gasteiger partial charge in [-0.3, -0.25) is 0 Å². The molecule has 0 saturated carbocycles. The zero-order valence-corrected chi connectivity index (χ0v) is 10.4. The second-order valence-electron chi connectivity index (χ2n) is 3.19. The van der Waals surface area contributed by atoms with Gasteiger partial charge in [-0.15, -0.1) is 0 Å². The summed E-state index contributed by atoms with van der Waals surface area (Å²) < 4.78 is 0.827. The minimum absolute atomic E-state index is 0.141. The van der Waals surface area contributed by atoms with Crippen molar-refractivity contribution in [1.29, 1.82) is 0 Å². The number of nitrogens with zero attached hydrogens (tertiary/aromatic N) is 1. The van der Waals surface area contributed by atoms with Gasteiger partial charge in [0.25, 0.3) is 0 Å². The first kappa shape index (κ1) is 12.5. The lowest BCUT2D eigenvalue weighted by atomic mass is 10.2. The van der Waals surface area contributed by atoms with Gasteiger partial charge in [0.15, 0.2) is 0 Å². The molecule has 4 heteroatoms. The molecule has 82 valence electrons. The Balaban J connectivity index is 2.34. The molecule has 0 bridgehead atoms. The van der Waals surface area contributed by atoms with E-state index in [0.29, 0.717) is 6.54 Å². The van der Waals surface area contributed by atoms with E-state index in [1.54, 1.807) is 11.8 Å². The zero-order valence-electron chi connectivity index (χ0n) is 8.72. The Labute approximate surface area is 100 Å². The highest BCUT2D eigenvalue weighted by molar-refractivity contribution is 8.22. The van der Waals surface area contributed by atoms with E-state index >= 15 is 0 Å². The maximum Gasteiger partial charge on any atom is 0.136 e. The fourth-order valence-corrected chi connectivity index (χ4v) is 2.13. The average Bonchev–Trinajstić information content (AvgIpc) is 2.27. The first-order valence-electron chi connectivity index (χ1n) is 4.76. The topological polar surface area (TPSA) is 23.5 Å². The SMILES string of the molecule is CN(CCO)C(=S)SCc1ccccc1. The third-order valence-electron chi connectivity index (χ3n) is 1.95. The molecule has 0 aliphatic carbocycles. The molecule has 0 atom stereocenters. The summed E-state index contributed by atoms with van der Waals surface area (Å²) in [4.78, 5) is 1.89. The van der Waals surface area contributed by atoms with E-state index in [9.17, 15) is 0 Å². The standard InChI is InChI=1S/C11H15NOS2/c1-12(7-8-13)11(14)15-9-10-5-3-2-4-6-10/h2-6,13H,7-9H2,1H3. The Hall–Kier alpha value is -0.580. The molecular formula is C11H15NOS2. The summed E-state index contributed by atoms with van der Waals surface area (Å²) in [6.07, 6.45) is 0. The predicted octanol–water partition coefficient (Wildman–Crippen LogP) is 2.13. The number of hydrogen-bond donors (Lipinski definition) is 1. The van der Waals surface area contributed by atoms with E-state index in [0.717, 1.165) is 10.1 Å². The minimum atomic E-state index is 0.141. The first-order valence-corrected chi connectivity index (χ1v) is 6.16. The van der Waals surface area contributed by atoms with Crippen molar-refractivity contribution in [2.45, 2.75) is 5.75 Å². The number of aliphatic hydroxyl groups is 1. The van der Waals surface area contributed by atoms with Crippen LogP contribution in [-0.4, -0.2) is 34.5 Å². The summed E-state index contributed by atoms with van der Waals surface area (Å²) in [6.45, 7) is 0.739. The normalized spacial score (nSPS) is 10.0. The Bertz CT molecular complexity index is 303. The lowest BCUT2D eigenvalue weighted by Crippen LogP contribution is -2.25. The van der Waals surface area contributed by atoms with Crippen LogP contribution in [0.3, 0.4) is 0 Å². The zero-order chi connectivity index (χ0) is 11.1. The highest BCUT2D eigenvalue weighted by atomic mass is 32.2. The second-order valence-corrected chi connectivity index (χ2v) is 4.79. The molecular weight excluding hydrogens is 226 g/mol.